The summed E-state index contributed by atoms with van der Waals surface area (Å²) in [4.78, 5) is 0. The van der Waals surface area contributed by atoms with Crippen molar-refractivity contribution in [3.63, 3.8) is 0 Å². The smallest absolute Gasteiger partial charge is 0.0624 e. The molecule has 2 rings (SSSR count). The molecule has 0 spiro atoms. The summed E-state index contributed by atoms with van der Waals surface area (Å²) in [6, 6.07) is 8.62. The van der Waals surface area contributed by atoms with E-state index in [1.54, 1.807) is 0 Å². The van der Waals surface area contributed by atoms with Crippen LogP contribution < -0.4 is 11.3 Å². The molecule has 1 unspecified atom stereocenters. The second-order valence-corrected chi connectivity index (χ2v) is 6.08. The number of hydrogen-bond acceptors (Lipinski definition) is 3. The fourth-order valence-electron chi connectivity index (χ4n) is 2.43. The summed E-state index contributed by atoms with van der Waals surface area (Å²) in [6.45, 7) is 7.20. The van der Waals surface area contributed by atoms with Gasteiger partial charge in [0.25, 0.3) is 0 Å². The zero-order chi connectivity index (χ0) is 15.4. The first-order valence-corrected chi connectivity index (χ1v) is 8.16. The van der Waals surface area contributed by atoms with E-state index in [1.807, 2.05) is 0 Å². The molecule has 2 aromatic rings. The van der Waals surface area contributed by atoms with Gasteiger partial charge in [0.1, 0.15) is 0 Å². The summed E-state index contributed by atoms with van der Waals surface area (Å²) in [5.41, 5.74) is 7.68. The fourth-order valence-corrected chi connectivity index (χ4v) is 2.83. The molecular formula is C16H23BrN4. The predicted octanol–water partition coefficient (Wildman–Crippen LogP) is 3.28. The molecule has 4 nitrogen and oxygen atoms in total. The van der Waals surface area contributed by atoms with Crippen molar-refractivity contribution in [3.05, 3.63) is 51.3 Å². The number of hydrogen-bond donors (Lipinski definition) is 2. The molecule has 0 aliphatic rings. The summed E-state index contributed by atoms with van der Waals surface area (Å²) >= 11 is 3.59. The van der Waals surface area contributed by atoms with E-state index in [1.165, 1.54) is 16.8 Å². The maximum atomic E-state index is 5.78. The standard InChI is InChI=1S/C16H23BrN4/c1-4-13-9-14(21(5-2)20-13)10-16(19-18)12-7-6-11(3)15(17)8-12/h6-9,16,19H,4-5,10,18H2,1-3H3. The van der Waals surface area contributed by atoms with Gasteiger partial charge in [0.2, 0.25) is 0 Å². The summed E-state index contributed by atoms with van der Waals surface area (Å²) < 4.78 is 3.17. The van der Waals surface area contributed by atoms with Crippen LogP contribution in [0.1, 0.15) is 42.4 Å². The average Bonchev–Trinajstić information content (AvgIpc) is 2.90. The highest BCUT2D eigenvalue weighted by Gasteiger charge is 2.15. The molecule has 1 atom stereocenters. The van der Waals surface area contributed by atoms with Crippen LogP contribution >= 0.6 is 15.9 Å². The minimum Gasteiger partial charge on any atom is -0.271 e. The van der Waals surface area contributed by atoms with Crippen molar-refractivity contribution in [2.75, 3.05) is 0 Å². The number of rotatable bonds is 6. The van der Waals surface area contributed by atoms with Gasteiger partial charge < -0.3 is 0 Å². The van der Waals surface area contributed by atoms with Crippen molar-refractivity contribution in [3.8, 4) is 0 Å². The highest BCUT2D eigenvalue weighted by molar-refractivity contribution is 9.10. The van der Waals surface area contributed by atoms with Gasteiger partial charge in [-0.1, -0.05) is 35.0 Å². The van der Waals surface area contributed by atoms with E-state index in [-0.39, 0.29) is 6.04 Å². The SMILES string of the molecule is CCc1cc(CC(NN)c2ccc(C)c(Br)c2)n(CC)n1. The molecular weight excluding hydrogens is 328 g/mol. The van der Waals surface area contributed by atoms with Crippen molar-refractivity contribution >= 4 is 15.9 Å². The van der Waals surface area contributed by atoms with Gasteiger partial charge in [0.15, 0.2) is 0 Å². The molecule has 3 N–H and O–H groups in total. The Labute approximate surface area is 134 Å². The third-order valence-electron chi connectivity index (χ3n) is 3.79. The number of nitrogens with one attached hydrogen (secondary N) is 1. The monoisotopic (exact) mass is 350 g/mol. The lowest BCUT2D eigenvalue weighted by molar-refractivity contribution is 0.516. The van der Waals surface area contributed by atoms with Crippen LogP contribution in [0, 0.1) is 6.92 Å². The van der Waals surface area contributed by atoms with E-state index in [9.17, 15) is 0 Å². The van der Waals surface area contributed by atoms with Gasteiger partial charge in [-0.2, -0.15) is 5.10 Å². The Balaban J connectivity index is 2.26. The van der Waals surface area contributed by atoms with Crippen LogP contribution in [-0.4, -0.2) is 9.78 Å². The van der Waals surface area contributed by atoms with Gasteiger partial charge in [-0.15, -0.1) is 0 Å². The van der Waals surface area contributed by atoms with E-state index in [4.69, 9.17) is 5.84 Å². The second-order valence-electron chi connectivity index (χ2n) is 5.23. The largest absolute Gasteiger partial charge is 0.271 e. The molecule has 0 saturated carbocycles. The van der Waals surface area contributed by atoms with E-state index in [0.29, 0.717) is 0 Å². The summed E-state index contributed by atoms with van der Waals surface area (Å²) in [5.74, 6) is 5.78. The first-order valence-electron chi connectivity index (χ1n) is 7.36. The first-order chi connectivity index (χ1) is 10.1. The number of hydrazine groups is 1. The number of aryl methyl sites for hydroxylation is 3. The van der Waals surface area contributed by atoms with Crippen LogP contribution in [0.3, 0.4) is 0 Å². The third kappa shape index (κ3) is 3.73. The number of nitrogens with zero attached hydrogens (tertiary/aromatic N) is 2. The van der Waals surface area contributed by atoms with Crippen LogP contribution in [0.5, 0.6) is 0 Å². The van der Waals surface area contributed by atoms with Crippen molar-refractivity contribution in [2.24, 2.45) is 5.84 Å². The van der Waals surface area contributed by atoms with Gasteiger partial charge in [-0.3, -0.25) is 16.0 Å². The minimum absolute atomic E-state index is 0.0774. The van der Waals surface area contributed by atoms with Crippen molar-refractivity contribution < 1.29 is 0 Å². The summed E-state index contributed by atoms with van der Waals surface area (Å²) in [5, 5.41) is 4.60. The topological polar surface area (TPSA) is 55.9 Å². The molecule has 0 amide bonds. The van der Waals surface area contributed by atoms with Gasteiger partial charge in [0.05, 0.1) is 11.7 Å². The maximum Gasteiger partial charge on any atom is 0.0624 e. The Morgan fingerprint density at radius 3 is 2.67 bits per heavy atom. The Morgan fingerprint density at radius 1 is 1.33 bits per heavy atom. The maximum absolute atomic E-state index is 5.78. The first kappa shape index (κ1) is 16.2. The molecule has 0 fully saturated rings. The molecule has 0 bridgehead atoms. The number of halogens is 1. The lowest BCUT2D eigenvalue weighted by Gasteiger charge is -2.17. The van der Waals surface area contributed by atoms with Gasteiger partial charge in [0, 0.05) is 23.1 Å². The second kappa shape index (κ2) is 7.20. The van der Waals surface area contributed by atoms with Crippen molar-refractivity contribution in [1.82, 2.24) is 15.2 Å². The number of benzene rings is 1. The summed E-state index contributed by atoms with van der Waals surface area (Å²) in [7, 11) is 0. The Kier molecular flexibility index (Phi) is 5.56. The zero-order valence-corrected chi connectivity index (χ0v) is 14.4. The average molecular weight is 351 g/mol. The molecule has 21 heavy (non-hydrogen) atoms. The molecule has 0 aliphatic carbocycles. The predicted molar refractivity (Wildman–Crippen MR) is 89.9 cm³/mol. The summed E-state index contributed by atoms with van der Waals surface area (Å²) in [6.07, 6.45) is 1.78. The highest BCUT2D eigenvalue weighted by Crippen LogP contribution is 2.24. The van der Waals surface area contributed by atoms with Crippen LogP contribution in [0.4, 0.5) is 0 Å². The molecule has 0 radical (unpaired) electrons. The molecule has 0 saturated heterocycles. The Bertz CT molecular complexity index is 606. The van der Waals surface area contributed by atoms with Crippen molar-refractivity contribution in [2.45, 2.75) is 46.2 Å². The van der Waals surface area contributed by atoms with Crippen LogP contribution in [0.25, 0.3) is 0 Å². The van der Waals surface area contributed by atoms with Gasteiger partial charge >= 0.3 is 0 Å². The fraction of sp³-hybridized carbons (Fsp3) is 0.438. The molecule has 0 aliphatic heterocycles. The lowest BCUT2D eigenvalue weighted by atomic mass is 10.0. The lowest BCUT2D eigenvalue weighted by Crippen LogP contribution is -2.30. The molecule has 1 aromatic carbocycles. The van der Waals surface area contributed by atoms with Gasteiger partial charge in [-0.05, 0) is 43.5 Å². The van der Waals surface area contributed by atoms with Gasteiger partial charge in [-0.25, -0.2) is 0 Å². The van der Waals surface area contributed by atoms with E-state index in [0.717, 1.165) is 29.6 Å². The quantitative estimate of drug-likeness (QED) is 0.620. The van der Waals surface area contributed by atoms with Crippen molar-refractivity contribution in [1.29, 1.82) is 0 Å². The van der Waals surface area contributed by atoms with Crippen LogP contribution in [-0.2, 0) is 19.4 Å². The normalized spacial score (nSPS) is 12.6. The van der Waals surface area contributed by atoms with E-state index < -0.39 is 0 Å². The minimum atomic E-state index is 0.0774. The Morgan fingerprint density at radius 2 is 2.10 bits per heavy atom. The molecule has 1 aromatic heterocycles. The van der Waals surface area contributed by atoms with Crippen LogP contribution in [0.2, 0.25) is 0 Å². The number of aromatic nitrogens is 2. The molecule has 5 heteroatoms. The Hall–Kier alpha value is -1.17. The highest BCUT2D eigenvalue weighted by atomic mass is 79.9. The molecule has 114 valence electrons. The molecule has 1 heterocycles. The number of nitrogens with two attached hydrogens (primary N) is 1. The van der Waals surface area contributed by atoms with E-state index >= 15 is 0 Å². The zero-order valence-electron chi connectivity index (χ0n) is 12.9. The van der Waals surface area contributed by atoms with E-state index in [2.05, 4.69) is 76.2 Å². The van der Waals surface area contributed by atoms with Crippen LogP contribution in [0.15, 0.2) is 28.7 Å². The third-order valence-corrected chi connectivity index (χ3v) is 4.64.